The molecule has 0 aliphatic carbocycles. The molecule has 0 saturated carbocycles. The Balaban J connectivity index is 1.54. The SMILES string of the molecule is CCc1ccc2c(c1)CN(CCN1CCOCC1)CC2. The third kappa shape index (κ3) is 3.40. The highest BCUT2D eigenvalue weighted by Crippen LogP contribution is 2.20. The van der Waals surface area contributed by atoms with Crippen LogP contribution in [0.15, 0.2) is 18.2 Å². The molecule has 1 saturated heterocycles. The summed E-state index contributed by atoms with van der Waals surface area (Å²) in [5.41, 5.74) is 4.58. The number of rotatable bonds is 4. The monoisotopic (exact) mass is 274 g/mol. The normalized spacial score (nSPS) is 20.9. The predicted octanol–water partition coefficient (Wildman–Crippen LogP) is 1.94. The Bertz CT molecular complexity index is 441. The summed E-state index contributed by atoms with van der Waals surface area (Å²) in [4.78, 5) is 5.14. The van der Waals surface area contributed by atoms with Crippen molar-refractivity contribution in [3.05, 3.63) is 34.9 Å². The van der Waals surface area contributed by atoms with Crippen molar-refractivity contribution in [1.82, 2.24) is 9.80 Å². The summed E-state index contributed by atoms with van der Waals surface area (Å²) in [5.74, 6) is 0. The van der Waals surface area contributed by atoms with Gasteiger partial charge in [0.15, 0.2) is 0 Å². The van der Waals surface area contributed by atoms with Crippen LogP contribution in [0.1, 0.15) is 23.6 Å². The smallest absolute Gasteiger partial charge is 0.0594 e. The summed E-state index contributed by atoms with van der Waals surface area (Å²) < 4.78 is 5.41. The van der Waals surface area contributed by atoms with Crippen molar-refractivity contribution in [3.63, 3.8) is 0 Å². The van der Waals surface area contributed by atoms with Crippen LogP contribution < -0.4 is 0 Å². The molecule has 0 N–H and O–H groups in total. The van der Waals surface area contributed by atoms with Crippen LogP contribution in [-0.4, -0.2) is 55.7 Å². The summed E-state index contributed by atoms with van der Waals surface area (Å²) >= 11 is 0. The zero-order chi connectivity index (χ0) is 13.8. The molecule has 0 bridgehead atoms. The maximum atomic E-state index is 5.41. The van der Waals surface area contributed by atoms with E-state index in [0.717, 1.165) is 39.3 Å². The molecule has 0 aromatic heterocycles. The molecular formula is C17H26N2O. The Morgan fingerprint density at radius 2 is 1.80 bits per heavy atom. The first-order valence-corrected chi connectivity index (χ1v) is 7.98. The van der Waals surface area contributed by atoms with Crippen molar-refractivity contribution in [3.8, 4) is 0 Å². The molecule has 3 nitrogen and oxygen atoms in total. The number of hydrogen-bond donors (Lipinski definition) is 0. The van der Waals surface area contributed by atoms with Gasteiger partial charge in [-0.1, -0.05) is 25.1 Å². The summed E-state index contributed by atoms with van der Waals surface area (Å²) in [7, 11) is 0. The van der Waals surface area contributed by atoms with Gasteiger partial charge in [0.2, 0.25) is 0 Å². The van der Waals surface area contributed by atoms with Gasteiger partial charge in [-0.15, -0.1) is 0 Å². The Hall–Kier alpha value is -0.900. The van der Waals surface area contributed by atoms with Crippen molar-refractivity contribution < 1.29 is 4.74 Å². The van der Waals surface area contributed by atoms with Crippen LogP contribution in [0.25, 0.3) is 0 Å². The third-order valence-electron chi connectivity index (χ3n) is 4.61. The lowest BCUT2D eigenvalue weighted by Crippen LogP contribution is -2.42. The molecule has 1 aromatic carbocycles. The van der Waals surface area contributed by atoms with Gasteiger partial charge in [-0.2, -0.15) is 0 Å². The summed E-state index contributed by atoms with van der Waals surface area (Å²) in [6.07, 6.45) is 2.35. The summed E-state index contributed by atoms with van der Waals surface area (Å²) in [6.45, 7) is 11.0. The summed E-state index contributed by atoms with van der Waals surface area (Å²) in [5, 5.41) is 0. The van der Waals surface area contributed by atoms with Gasteiger partial charge in [0.1, 0.15) is 0 Å². The van der Waals surface area contributed by atoms with Gasteiger partial charge in [-0.25, -0.2) is 0 Å². The Labute approximate surface area is 122 Å². The Morgan fingerprint density at radius 1 is 1.00 bits per heavy atom. The lowest BCUT2D eigenvalue weighted by Gasteiger charge is -2.32. The second-order valence-corrected chi connectivity index (χ2v) is 5.94. The van der Waals surface area contributed by atoms with Crippen LogP contribution in [0.2, 0.25) is 0 Å². The van der Waals surface area contributed by atoms with Crippen LogP contribution in [0.3, 0.4) is 0 Å². The summed E-state index contributed by atoms with van der Waals surface area (Å²) in [6, 6.07) is 7.05. The second kappa shape index (κ2) is 6.70. The fourth-order valence-corrected chi connectivity index (χ4v) is 3.19. The lowest BCUT2D eigenvalue weighted by atomic mass is 9.96. The first kappa shape index (κ1) is 14.1. The molecule has 0 atom stereocenters. The van der Waals surface area contributed by atoms with E-state index in [1.54, 1.807) is 11.1 Å². The molecule has 1 aromatic rings. The highest BCUT2D eigenvalue weighted by Gasteiger charge is 2.17. The van der Waals surface area contributed by atoms with E-state index in [0.29, 0.717) is 0 Å². The van der Waals surface area contributed by atoms with Gasteiger partial charge in [0.25, 0.3) is 0 Å². The number of fused-ring (bicyclic) bond motifs is 1. The van der Waals surface area contributed by atoms with Crippen LogP contribution in [-0.2, 0) is 24.1 Å². The van der Waals surface area contributed by atoms with Crippen LogP contribution in [0, 0.1) is 0 Å². The van der Waals surface area contributed by atoms with Crippen LogP contribution in [0.5, 0.6) is 0 Å². The quantitative estimate of drug-likeness (QED) is 0.834. The van der Waals surface area contributed by atoms with Crippen molar-refractivity contribution in [2.24, 2.45) is 0 Å². The third-order valence-corrected chi connectivity index (χ3v) is 4.61. The minimum absolute atomic E-state index is 0.905. The molecule has 0 amide bonds. The van der Waals surface area contributed by atoms with Crippen molar-refractivity contribution in [2.45, 2.75) is 26.3 Å². The van der Waals surface area contributed by atoms with Crippen molar-refractivity contribution in [2.75, 3.05) is 45.9 Å². The minimum atomic E-state index is 0.905. The highest BCUT2D eigenvalue weighted by atomic mass is 16.5. The molecule has 110 valence electrons. The van der Waals surface area contributed by atoms with Crippen molar-refractivity contribution >= 4 is 0 Å². The van der Waals surface area contributed by atoms with Gasteiger partial charge in [-0.3, -0.25) is 9.80 Å². The molecule has 1 fully saturated rings. The number of aryl methyl sites for hydroxylation is 1. The average molecular weight is 274 g/mol. The Morgan fingerprint density at radius 3 is 2.60 bits per heavy atom. The standard InChI is InChI=1S/C17H26N2O/c1-2-15-3-4-16-5-6-19(14-17(16)13-15)8-7-18-9-11-20-12-10-18/h3-4,13H,2,5-12,14H2,1H3. The van der Waals surface area contributed by atoms with E-state index in [9.17, 15) is 0 Å². The molecule has 0 spiro atoms. The largest absolute Gasteiger partial charge is 0.379 e. The maximum absolute atomic E-state index is 5.41. The number of morpholine rings is 1. The van der Waals surface area contributed by atoms with E-state index in [4.69, 9.17) is 4.74 Å². The molecule has 2 aliphatic heterocycles. The van der Waals surface area contributed by atoms with E-state index in [-0.39, 0.29) is 0 Å². The fourth-order valence-electron chi connectivity index (χ4n) is 3.19. The first-order chi connectivity index (χ1) is 9.85. The fraction of sp³-hybridized carbons (Fsp3) is 0.647. The maximum Gasteiger partial charge on any atom is 0.0594 e. The Kier molecular flexibility index (Phi) is 4.71. The van der Waals surface area contributed by atoms with Gasteiger partial charge < -0.3 is 4.74 Å². The minimum Gasteiger partial charge on any atom is -0.379 e. The van der Waals surface area contributed by atoms with Crippen molar-refractivity contribution in [1.29, 1.82) is 0 Å². The molecule has 3 rings (SSSR count). The van der Waals surface area contributed by atoms with E-state index in [1.165, 1.54) is 31.6 Å². The number of nitrogens with zero attached hydrogens (tertiary/aromatic N) is 2. The molecule has 20 heavy (non-hydrogen) atoms. The van der Waals surface area contributed by atoms with E-state index in [1.807, 2.05) is 0 Å². The van der Waals surface area contributed by atoms with Gasteiger partial charge in [0, 0.05) is 39.3 Å². The number of benzene rings is 1. The molecule has 3 heteroatoms. The van der Waals surface area contributed by atoms with Crippen LogP contribution >= 0.6 is 0 Å². The first-order valence-electron chi connectivity index (χ1n) is 7.98. The number of ether oxygens (including phenoxy) is 1. The predicted molar refractivity (Wildman–Crippen MR) is 82.1 cm³/mol. The lowest BCUT2D eigenvalue weighted by molar-refractivity contribution is 0.0327. The highest BCUT2D eigenvalue weighted by molar-refractivity contribution is 5.33. The molecule has 0 radical (unpaired) electrons. The van der Waals surface area contributed by atoms with Gasteiger partial charge >= 0.3 is 0 Å². The van der Waals surface area contributed by atoms with E-state index < -0.39 is 0 Å². The van der Waals surface area contributed by atoms with E-state index in [2.05, 4.69) is 34.9 Å². The van der Waals surface area contributed by atoms with Gasteiger partial charge in [-0.05, 0) is 29.5 Å². The molecule has 0 unspecified atom stereocenters. The number of hydrogen-bond acceptors (Lipinski definition) is 3. The molecular weight excluding hydrogens is 248 g/mol. The molecule has 2 heterocycles. The van der Waals surface area contributed by atoms with Gasteiger partial charge in [0.05, 0.1) is 13.2 Å². The molecule has 2 aliphatic rings. The topological polar surface area (TPSA) is 15.7 Å². The zero-order valence-electron chi connectivity index (χ0n) is 12.6. The zero-order valence-corrected chi connectivity index (χ0v) is 12.6. The second-order valence-electron chi connectivity index (χ2n) is 5.94. The van der Waals surface area contributed by atoms with Crippen LogP contribution in [0.4, 0.5) is 0 Å². The average Bonchev–Trinajstić information content (AvgIpc) is 2.53. The van der Waals surface area contributed by atoms with E-state index >= 15 is 0 Å².